The predicted molar refractivity (Wildman–Crippen MR) is 76.5 cm³/mol. The Morgan fingerprint density at radius 2 is 2.10 bits per heavy atom. The van der Waals surface area contributed by atoms with Crippen molar-refractivity contribution in [3.63, 3.8) is 0 Å². The molecule has 0 unspecified atom stereocenters. The zero-order chi connectivity index (χ0) is 14.2. The molecule has 110 valence electrons. The van der Waals surface area contributed by atoms with Gasteiger partial charge in [0.25, 0.3) is 0 Å². The number of halogens is 1. The molecule has 2 saturated carbocycles. The van der Waals surface area contributed by atoms with E-state index in [4.69, 9.17) is 0 Å². The van der Waals surface area contributed by atoms with Crippen molar-refractivity contribution in [1.29, 1.82) is 0 Å². The standard InChI is InChI=1S/C14H16FN5S/c15-10-5-9(8-16-11-1-2-11)6-13(7-10)21-14-17-18-19-20(14)12-3-4-12/h5-7,11-12,16H,1-4,8H2. The molecule has 5 nitrogen and oxygen atoms in total. The van der Waals surface area contributed by atoms with Gasteiger partial charge in [0.2, 0.25) is 5.16 Å². The van der Waals surface area contributed by atoms with Gasteiger partial charge in [-0.25, -0.2) is 9.07 Å². The van der Waals surface area contributed by atoms with Crippen LogP contribution in [0, 0.1) is 5.82 Å². The second kappa shape index (κ2) is 5.38. The molecule has 0 saturated heterocycles. The van der Waals surface area contributed by atoms with Crippen molar-refractivity contribution in [2.24, 2.45) is 0 Å². The number of nitrogens with one attached hydrogen (secondary N) is 1. The number of rotatable bonds is 6. The molecule has 0 radical (unpaired) electrons. The SMILES string of the molecule is Fc1cc(CNC2CC2)cc(Sc2nnnn2C2CC2)c1. The van der Waals surface area contributed by atoms with E-state index in [1.165, 1.54) is 30.7 Å². The summed E-state index contributed by atoms with van der Waals surface area (Å²) in [7, 11) is 0. The molecule has 0 amide bonds. The highest BCUT2D eigenvalue weighted by atomic mass is 32.2. The Morgan fingerprint density at radius 3 is 2.86 bits per heavy atom. The lowest BCUT2D eigenvalue weighted by Gasteiger charge is -2.07. The fraction of sp³-hybridized carbons (Fsp3) is 0.500. The zero-order valence-electron chi connectivity index (χ0n) is 11.5. The predicted octanol–water partition coefficient (Wildman–Crippen LogP) is 2.55. The van der Waals surface area contributed by atoms with Crippen LogP contribution >= 0.6 is 11.8 Å². The number of hydrogen-bond acceptors (Lipinski definition) is 5. The highest BCUT2D eigenvalue weighted by molar-refractivity contribution is 7.99. The minimum absolute atomic E-state index is 0.210. The van der Waals surface area contributed by atoms with Gasteiger partial charge in [-0.15, -0.1) is 5.10 Å². The minimum Gasteiger partial charge on any atom is -0.310 e. The summed E-state index contributed by atoms with van der Waals surface area (Å²) in [5.74, 6) is -0.210. The third-order valence-electron chi connectivity index (χ3n) is 3.67. The van der Waals surface area contributed by atoms with E-state index in [1.807, 2.05) is 10.7 Å². The molecular formula is C14H16FN5S. The van der Waals surface area contributed by atoms with Crippen LogP contribution in [-0.2, 0) is 6.54 Å². The Kier molecular flexibility index (Phi) is 3.39. The van der Waals surface area contributed by atoms with Crippen LogP contribution in [0.25, 0.3) is 0 Å². The maximum atomic E-state index is 13.8. The first-order valence-electron chi connectivity index (χ1n) is 7.26. The number of benzene rings is 1. The van der Waals surface area contributed by atoms with E-state index in [0.29, 0.717) is 18.6 Å². The molecule has 21 heavy (non-hydrogen) atoms. The number of hydrogen-bond donors (Lipinski definition) is 1. The van der Waals surface area contributed by atoms with Crippen LogP contribution < -0.4 is 5.32 Å². The summed E-state index contributed by atoms with van der Waals surface area (Å²) < 4.78 is 15.6. The topological polar surface area (TPSA) is 55.6 Å². The van der Waals surface area contributed by atoms with Gasteiger partial charge >= 0.3 is 0 Å². The smallest absolute Gasteiger partial charge is 0.214 e. The summed E-state index contributed by atoms with van der Waals surface area (Å²) in [5.41, 5.74) is 0.967. The number of aromatic nitrogens is 4. The Morgan fingerprint density at radius 1 is 1.24 bits per heavy atom. The van der Waals surface area contributed by atoms with Crippen molar-refractivity contribution >= 4 is 11.8 Å². The van der Waals surface area contributed by atoms with Gasteiger partial charge in [0.15, 0.2) is 0 Å². The lowest BCUT2D eigenvalue weighted by atomic mass is 10.2. The molecule has 1 N–H and O–H groups in total. The maximum Gasteiger partial charge on any atom is 0.214 e. The molecule has 0 bridgehead atoms. The van der Waals surface area contributed by atoms with Crippen molar-refractivity contribution in [3.05, 3.63) is 29.6 Å². The quantitative estimate of drug-likeness (QED) is 0.889. The van der Waals surface area contributed by atoms with E-state index in [0.717, 1.165) is 28.5 Å². The van der Waals surface area contributed by atoms with E-state index in [1.54, 1.807) is 6.07 Å². The van der Waals surface area contributed by atoms with Crippen LogP contribution in [0.2, 0.25) is 0 Å². The lowest BCUT2D eigenvalue weighted by molar-refractivity contribution is 0.565. The second-order valence-corrected chi connectivity index (χ2v) is 6.73. The van der Waals surface area contributed by atoms with Crippen molar-refractivity contribution in [3.8, 4) is 0 Å². The van der Waals surface area contributed by atoms with Gasteiger partial charge in [0.05, 0.1) is 6.04 Å². The fourth-order valence-electron chi connectivity index (χ4n) is 2.24. The zero-order valence-corrected chi connectivity index (χ0v) is 12.3. The molecule has 4 rings (SSSR count). The van der Waals surface area contributed by atoms with Crippen LogP contribution in [0.15, 0.2) is 28.3 Å². The third-order valence-corrected chi connectivity index (χ3v) is 4.59. The van der Waals surface area contributed by atoms with Crippen LogP contribution in [0.1, 0.15) is 37.3 Å². The highest BCUT2D eigenvalue weighted by Crippen LogP contribution is 2.38. The Labute approximate surface area is 126 Å². The summed E-state index contributed by atoms with van der Waals surface area (Å²) in [6, 6.07) is 6.17. The van der Waals surface area contributed by atoms with Gasteiger partial charge in [-0.3, -0.25) is 0 Å². The summed E-state index contributed by atoms with van der Waals surface area (Å²) in [6.45, 7) is 0.712. The average molecular weight is 305 g/mol. The highest BCUT2D eigenvalue weighted by Gasteiger charge is 2.28. The fourth-order valence-corrected chi connectivity index (χ4v) is 3.19. The number of tetrazole rings is 1. The van der Waals surface area contributed by atoms with Crippen LogP contribution in [0.4, 0.5) is 4.39 Å². The van der Waals surface area contributed by atoms with E-state index >= 15 is 0 Å². The van der Waals surface area contributed by atoms with Crippen molar-refractivity contribution < 1.29 is 4.39 Å². The Bertz CT molecular complexity index is 651. The summed E-state index contributed by atoms with van der Waals surface area (Å²) in [6.07, 6.45) is 4.71. The lowest BCUT2D eigenvalue weighted by Crippen LogP contribution is -2.15. The van der Waals surface area contributed by atoms with Gasteiger partial charge < -0.3 is 5.32 Å². The van der Waals surface area contributed by atoms with Gasteiger partial charge in [-0.2, -0.15) is 0 Å². The normalized spacial score (nSPS) is 18.1. The molecular weight excluding hydrogens is 289 g/mol. The van der Waals surface area contributed by atoms with E-state index in [9.17, 15) is 4.39 Å². The molecule has 7 heteroatoms. The molecule has 2 fully saturated rings. The van der Waals surface area contributed by atoms with Crippen molar-refractivity contribution in [2.75, 3.05) is 0 Å². The third kappa shape index (κ3) is 3.24. The minimum atomic E-state index is -0.210. The van der Waals surface area contributed by atoms with E-state index < -0.39 is 0 Å². The molecule has 2 aliphatic carbocycles. The first-order chi connectivity index (χ1) is 10.3. The summed E-state index contributed by atoms with van der Waals surface area (Å²) in [5, 5.41) is 15.9. The second-order valence-electron chi connectivity index (χ2n) is 5.69. The molecule has 0 spiro atoms. The molecule has 0 atom stereocenters. The first kappa shape index (κ1) is 13.2. The molecule has 1 heterocycles. The first-order valence-corrected chi connectivity index (χ1v) is 8.08. The molecule has 1 aromatic carbocycles. The average Bonchev–Trinajstić information content (AvgIpc) is 3.37. The van der Waals surface area contributed by atoms with Crippen molar-refractivity contribution in [2.45, 2.75) is 54.4 Å². The van der Waals surface area contributed by atoms with Gasteiger partial charge in [-0.05, 0) is 71.6 Å². The van der Waals surface area contributed by atoms with Gasteiger partial charge in [0.1, 0.15) is 5.82 Å². The molecule has 2 aromatic rings. The van der Waals surface area contributed by atoms with Gasteiger partial charge in [-0.1, -0.05) is 0 Å². The van der Waals surface area contributed by atoms with Crippen LogP contribution in [-0.4, -0.2) is 26.2 Å². The maximum absolute atomic E-state index is 13.8. The monoisotopic (exact) mass is 305 g/mol. The Hall–Kier alpha value is -1.47. The molecule has 1 aromatic heterocycles. The summed E-state index contributed by atoms with van der Waals surface area (Å²) >= 11 is 1.43. The number of nitrogens with zero attached hydrogens (tertiary/aromatic N) is 4. The van der Waals surface area contributed by atoms with Gasteiger partial charge in [0, 0.05) is 17.5 Å². The van der Waals surface area contributed by atoms with Crippen LogP contribution in [0.5, 0.6) is 0 Å². The molecule has 2 aliphatic rings. The molecule has 0 aliphatic heterocycles. The largest absolute Gasteiger partial charge is 0.310 e. The van der Waals surface area contributed by atoms with Crippen LogP contribution in [0.3, 0.4) is 0 Å². The summed E-state index contributed by atoms with van der Waals surface area (Å²) in [4.78, 5) is 0.847. The van der Waals surface area contributed by atoms with E-state index in [2.05, 4.69) is 20.8 Å². The van der Waals surface area contributed by atoms with E-state index in [-0.39, 0.29) is 5.82 Å². The van der Waals surface area contributed by atoms with Crippen molar-refractivity contribution in [1.82, 2.24) is 25.5 Å². The Balaban J connectivity index is 1.51.